The van der Waals surface area contributed by atoms with Crippen LogP contribution in [0.2, 0.25) is 0 Å². The van der Waals surface area contributed by atoms with Gasteiger partial charge in [0.05, 0.1) is 12.8 Å². The van der Waals surface area contributed by atoms with Gasteiger partial charge in [0.25, 0.3) is 0 Å². The largest absolute Gasteiger partial charge is 0.497 e. The van der Waals surface area contributed by atoms with E-state index in [1.54, 1.807) is 11.7 Å². The Balaban J connectivity index is 1.68. The van der Waals surface area contributed by atoms with Gasteiger partial charge in [0, 0.05) is 11.1 Å². The number of para-hydroxylation sites is 2. The Morgan fingerprint density at radius 2 is 1.74 bits per heavy atom. The Hall–Kier alpha value is -3.51. The average molecular weight is 429 g/mol. The summed E-state index contributed by atoms with van der Waals surface area (Å²) in [7, 11) is 1.65. The molecule has 0 saturated carbocycles. The highest BCUT2D eigenvalue weighted by atomic mass is 32.2. The first-order valence-corrected chi connectivity index (χ1v) is 10.9. The van der Waals surface area contributed by atoms with Crippen LogP contribution in [0.5, 0.6) is 5.75 Å². The van der Waals surface area contributed by atoms with Crippen molar-refractivity contribution in [3.8, 4) is 11.4 Å². The molecule has 0 aliphatic heterocycles. The zero-order chi connectivity index (χ0) is 21.4. The molecule has 2 heterocycles. The molecule has 0 spiro atoms. The zero-order valence-corrected chi connectivity index (χ0v) is 18.0. The van der Waals surface area contributed by atoms with Crippen LogP contribution in [0.3, 0.4) is 0 Å². The lowest BCUT2D eigenvalue weighted by Crippen LogP contribution is -2.22. The van der Waals surface area contributed by atoms with Crippen molar-refractivity contribution in [3.63, 3.8) is 0 Å². The monoisotopic (exact) mass is 428 g/mol. The van der Waals surface area contributed by atoms with E-state index in [4.69, 9.17) is 14.1 Å². The van der Waals surface area contributed by atoms with Gasteiger partial charge < -0.3 is 9.15 Å². The van der Waals surface area contributed by atoms with E-state index in [1.165, 1.54) is 11.8 Å². The van der Waals surface area contributed by atoms with E-state index in [9.17, 15) is 4.79 Å². The Labute approximate surface area is 183 Å². The molecule has 0 N–H and O–H groups in total. The van der Waals surface area contributed by atoms with Gasteiger partial charge >= 0.3 is 5.56 Å². The minimum Gasteiger partial charge on any atom is -0.497 e. The number of aromatic nitrogens is 2. The predicted octanol–water partition coefficient (Wildman–Crippen LogP) is 5.74. The SMILES string of the molecule is COc1ccc(CSc2nc3c(oc4ccccc43)c(=O)n2-c2ccccc2C)cc1. The van der Waals surface area contributed by atoms with E-state index in [-0.39, 0.29) is 11.1 Å². The molecule has 0 bridgehead atoms. The van der Waals surface area contributed by atoms with Gasteiger partial charge in [-0.3, -0.25) is 9.36 Å². The summed E-state index contributed by atoms with van der Waals surface area (Å²) in [5.74, 6) is 1.49. The van der Waals surface area contributed by atoms with Crippen molar-refractivity contribution in [1.29, 1.82) is 0 Å². The van der Waals surface area contributed by atoms with Crippen molar-refractivity contribution < 1.29 is 9.15 Å². The maximum absolute atomic E-state index is 13.6. The van der Waals surface area contributed by atoms with Gasteiger partial charge in [-0.15, -0.1) is 0 Å². The first-order valence-electron chi connectivity index (χ1n) is 9.92. The molecular weight excluding hydrogens is 408 g/mol. The molecule has 154 valence electrons. The molecule has 31 heavy (non-hydrogen) atoms. The fraction of sp³-hybridized carbons (Fsp3) is 0.120. The van der Waals surface area contributed by atoms with Crippen LogP contribution in [-0.2, 0) is 5.75 Å². The second-order valence-electron chi connectivity index (χ2n) is 7.23. The predicted molar refractivity (Wildman–Crippen MR) is 124 cm³/mol. The Morgan fingerprint density at radius 3 is 2.52 bits per heavy atom. The minimum atomic E-state index is -0.201. The summed E-state index contributed by atoms with van der Waals surface area (Å²) >= 11 is 1.53. The number of hydrogen-bond donors (Lipinski definition) is 0. The molecule has 2 aromatic heterocycles. The van der Waals surface area contributed by atoms with Crippen molar-refractivity contribution in [3.05, 3.63) is 94.3 Å². The maximum Gasteiger partial charge on any atom is 0.302 e. The molecule has 0 aliphatic carbocycles. The van der Waals surface area contributed by atoms with Crippen LogP contribution in [0.15, 0.2) is 87.2 Å². The summed E-state index contributed by atoms with van der Waals surface area (Å²) in [6, 6.07) is 23.3. The third-order valence-electron chi connectivity index (χ3n) is 5.25. The van der Waals surface area contributed by atoms with Gasteiger partial charge in [-0.2, -0.15) is 0 Å². The van der Waals surface area contributed by atoms with Crippen LogP contribution in [0.25, 0.3) is 27.8 Å². The number of benzene rings is 3. The van der Waals surface area contributed by atoms with E-state index in [0.29, 0.717) is 22.0 Å². The number of hydrogen-bond acceptors (Lipinski definition) is 5. The lowest BCUT2D eigenvalue weighted by atomic mass is 10.2. The molecule has 0 saturated heterocycles. The summed E-state index contributed by atoms with van der Waals surface area (Å²) in [5, 5.41) is 1.48. The van der Waals surface area contributed by atoms with E-state index in [2.05, 4.69) is 0 Å². The first kappa shape index (κ1) is 19.5. The number of methoxy groups -OCH3 is 1. The van der Waals surface area contributed by atoms with Crippen LogP contribution in [-0.4, -0.2) is 16.7 Å². The summed E-state index contributed by atoms with van der Waals surface area (Å²) in [4.78, 5) is 18.5. The molecule has 0 fully saturated rings. The van der Waals surface area contributed by atoms with E-state index in [1.807, 2.05) is 79.7 Å². The van der Waals surface area contributed by atoms with Gasteiger partial charge in [0.1, 0.15) is 16.8 Å². The number of aryl methyl sites for hydroxylation is 1. The highest BCUT2D eigenvalue weighted by molar-refractivity contribution is 7.98. The number of fused-ring (bicyclic) bond motifs is 3. The summed E-state index contributed by atoms with van der Waals surface area (Å²) < 4.78 is 12.8. The quantitative estimate of drug-likeness (QED) is 0.264. The fourth-order valence-corrected chi connectivity index (χ4v) is 4.57. The number of rotatable bonds is 5. The summed E-state index contributed by atoms with van der Waals surface area (Å²) in [5.41, 5.74) is 4.26. The van der Waals surface area contributed by atoms with E-state index < -0.39 is 0 Å². The van der Waals surface area contributed by atoms with Crippen molar-refractivity contribution in [1.82, 2.24) is 9.55 Å². The van der Waals surface area contributed by atoms with E-state index in [0.717, 1.165) is 28.0 Å². The van der Waals surface area contributed by atoms with Crippen LogP contribution in [0, 0.1) is 6.92 Å². The molecule has 0 radical (unpaired) electrons. The zero-order valence-electron chi connectivity index (χ0n) is 17.2. The third-order valence-corrected chi connectivity index (χ3v) is 6.26. The molecule has 0 aliphatic rings. The number of ether oxygens (including phenoxy) is 1. The van der Waals surface area contributed by atoms with Gasteiger partial charge in [0.15, 0.2) is 5.16 Å². The molecule has 0 amide bonds. The fourth-order valence-electron chi connectivity index (χ4n) is 3.62. The van der Waals surface area contributed by atoms with Crippen molar-refractivity contribution in [2.45, 2.75) is 17.8 Å². The standard InChI is InChI=1S/C25H20N2O3S/c1-16-7-3-5-9-20(16)27-24(28)23-22(19-8-4-6-10-21(19)30-23)26-25(27)31-15-17-11-13-18(29-2)14-12-17/h3-14H,15H2,1-2H3. The lowest BCUT2D eigenvalue weighted by Gasteiger charge is -2.14. The Bertz CT molecular complexity index is 1450. The second kappa shape index (κ2) is 7.96. The minimum absolute atomic E-state index is 0.201. The molecule has 0 unspecified atom stereocenters. The summed E-state index contributed by atoms with van der Waals surface area (Å²) in [6.07, 6.45) is 0. The number of nitrogens with zero attached hydrogens (tertiary/aromatic N) is 2. The van der Waals surface area contributed by atoms with Crippen molar-refractivity contribution >= 4 is 33.8 Å². The first-order chi connectivity index (χ1) is 15.2. The van der Waals surface area contributed by atoms with Gasteiger partial charge in [-0.05, 0) is 48.4 Å². The highest BCUT2D eigenvalue weighted by Crippen LogP contribution is 2.30. The Kier molecular flexibility index (Phi) is 5.00. The summed E-state index contributed by atoms with van der Waals surface area (Å²) in [6.45, 7) is 1.99. The molecule has 0 atom stereocenters. The normalized spacial score (nSPS) is 11.3. The highest BCUT2D eigenvalue weighted by Gasteiger charge is 2.19. The Morgan fingerprint density at radius 1 is 1.00 bits per heavy atom. The third kappa shape index (κ3) is 3.49. The maximum atomic E-state index is 13.6. The van der Waals surface area contributed by atoms with Gasteiger partial charge in [-0.1, -0.05) is 54.2 Å². The molecular formula is C25H20N2O3S. The van der Waals surface area contributed by atoms with Crippen molar-refractivity contribution in [2.75, 3.05) is 7.11 Å². The molecule has 6 heteroatoms. The molecule has 5 nitrogen and oxygen atoms in total. The lowest BCUT2D eigenvalue weighted by molar-refractivity contribution is 0.414. The van der Waals surface area contributed by atoms with E-state index >= 15 is 0 Å². The molecule has 5 aromatic rings. The van der Waals surface area contributed by atoms with Gasteiger partial charge in [0.2, 0.25) is 5.58 Å². The van der Waals surface area contributed by atoms with Crippen LogP contribution in [0.1, 0.15) is 11.1 Å². The molecule has 5 rings (SSSR count). The van der Waals surface area contributed by atoms with Crippen molar-refractivity contribution in [2.24, 2.45) is 0 Å². The molecule has 3 aromatic carbocycles. The second-order valence-corrected chi connectivity index (χ2v) is 8.18. The van der Waals surface area contributed by atoms with Crippen LogP contribution in [0.4, 0.5) is 0 Å². The number of furan rings is 1. The van der Waals surface area contributed by atoms with Gasteiger partial charge in [-0.25, -0.2) is 4.98 Å². The topological polar surface area (TPSA) is 57.3 Å². The van der Waals surface area contributed by atoms with Crippen LogP contribution >= 0.6 is 11.8 Å². The smallest absolute Gasteiger partial charge is 0.302 e. The van der Waals surface area contributed by atoms with Crippen LogP contribution < -0.4 is 10.3 Å². The average Bonchev–Trinajstić information content (AvgIpc) is 3.18. The number of thioether (sulfide) groups is 1.